The van der Waals surface area contributed by atoms with E-state index in [0.29, 0.717) is 16.1 Å². The molecule has 21 heavy (non-hydrogen) atoms. The van der Waals surface area contributed by atoms with Gasteiger partial charge in [-0.2, -0.15) is 0 Å². The fourth-order valence-corrected chi connectivity index (χ4v) is 4.41. The van der Waals surface area contributed by atoms with E-state index in [1.54, 1.807) is 19.9 Å². The Morgan fingerprint density at radius 1 is 1.38 bits per heavy atom. The largest absolute Gasteiger partial charge is 0.396 e. The summed E-state index contributed by atoms with van der Waals surface area (Å²) in [5, 5.41) is 9.47. The predicted molar refractivity (Wildman–Crippen MR) is 83.6 cm³/mol. The van der Waals surface area contributed by atoms with Gasteiger partial charge in [-0.05, 0) is 37.5 Å². The van der Waals surface area contributed by atoms with E-state index in [1.807, 2.05) is 0 Å². The van der Waals surface area contributed by atoms with Crippen LogP contribution in [-0.4, -0.2) is 39.9 Å². The maximum absolute atomic E-state index is 12.5. The number of aryl methyl sites for hydroxylation is 1. The number of rotatable bonds is 7. The van der Waals surface area contributed by atoms with Gasteiger partial charge < -0.3 is 9.84 Å². The quantitative estimate of drug-likeness (QED) is 0.786. The van der Waals surface area contributed by atoms with Crippen molar-refractivity contribution in [3.63, 3.8) is 0 Å². The van der Waals surface area contributed by atoms with Gasteiger partial charge in [-0.1, -0.05) is 23.2 Å². The number of hydrogen-bond donors (Lipinski definition) is 2. The summed E-state index contributed by atoms with van der Waals surface area (Å²) in [5.74, 6) is 0. The van der Waals surface area contributed by atoms with Gasteiger partial charge in [0.2, 0.25) is 10.0 Å². The molecule has 0 aromatic heterocycles. The van der Waals surface area contributed by atoms with Crippen LogP contribution in [-0.2, 0) is 14.8 Å². The highest BCUT2D eigenvalue weighted by molar-refractivity contribution is 7.89. The number of methoxy groups -OCH3 is 1. The second-order valence-electron chi connectivity index (χ2n) is 4.73. The first-order valence-electron chi connectivity index (χ1n) is 6.32. The summed E-state index contributed by atoms with van der Waals surface area (Å²) < 4.78 is 32.5. The highest BCUT2D eigenvalue weighted by Crippen LogP contribution is 2.33. The SMILES string of the molecule is COCC(CCO)NS(=O)(=O)c1c(C)c(Cl)cc(C)c1Cl. The number of sulfonamides is 1. The molecule has 0 aliphatic rings. The zero-order valence-corrected chi connectivity index (χ0v) is 14.4. The van der Waals surface area contributed by atoms with E-state index in [9.17, 15) is 8.42 Å². The summed E-state index contributed by atoms with van der Waals surface area (Å²) in [6, 6.07) is 1.08. The normalized spacial score (nSPS) is 13.4. The van der Waals surface area contributed by atoms with Crippen molar-refractivity contribution < 1.29 is 18.3 Å². The first-order valence-corrected chi connectivity index (χ1v) is 8.55. The molecule has 1 rings (SSSR count). The van der Waals surface area contributed by atoms with Crippen LogP contribution in [0.5, 0.6) is 0 Å². The number of nitrogens with one attached hydrogen (secondary N) is 1. The maximum Gasteiger partial charge on any atom is 0.242 e. The zero-order chi connectivity index (χ0) is 16.2. The van der Waals surface area contributed by atoms with Crippen molar-refractivity contribution in [1.29, 1.82) is 0 Å². The Kier molecular flexibility index (Phi) is 6.90. The van der Waals surface area contributed by atoms with E-state index in [1.165, 1.54) is 7.11 Å². The lowest BCUT2D eigenvalue weighted by Crippen LogP contribution is -2.39. The zero-order valence-electron chi connectivity index (χ0n) is 12.1. The van der Waals surface area contributed by atoms with Gasteiger partial charge in [0.25, 0.3) is 0 Å². The van der Waals surface area contributed by atoms with Gasteiger partial charge in [0.05, 0.1) is 11.6 Å². The van der Waals surface area contributed by atoms with Gasteiger partial charge >= 0.3 is 0 Å². The molecule has 0 spiro atoms. The van der Waals surface area contributed by atoms with Crippen molar-refractivity contribution in [2.75, 3.05) is 20.3 Å². The van der Waals surface area contributed by atoms with Crippen molar-refractivity contribution in [3.8, 4) is 0 Å². The summed E-state index contributed by atoms with van der Waals surface area (Å²) in [6.45, 7) is 3.28. The molecular formula is C13H19Cl2NO4S. The van der Waals surface area contributed by atoms with Crippen molar-refractivity contribution in [2.45, 2.75) is 31.2 Å². The fraction of sp³-hybridized carbons (Fsp3) is 0.538. The van der Waals surface area contributed by atoms with Gasteiger partial charge in [0.1, 0.15) is 4.90 Å². The smallest absolute Gasteiger partial charge is 0.242 e. The number of benzene rings is 1. The van der Waals surface area contributed by atoms with E-state index in [2.05, 4.69) is 4.72 Å². The van der Waals surface area contributed by atoms with Crippen molar-refractivity contribution in [3.05, 3.63) is 27.2 Å². The number of aliphatic hydroxyl groups is 1. The molecule has 0 aliphatic heterocycles. The summed E-state index contributed by atoms with van der Waals surface area (Å²) in [7, 11) is -2.41. The topological polar surface area (TPSA) is 75.6 Å². The number of ether oxygens (including phenoxy) is 1. The van der Waals surface area contributed by atoms with Gasteiger partial charge in [-0.3, -0.25) is 0 Å². The van der Waals surface area contributed by atoms with Crippen LogP contribution in [0.4, 0.5) is 0 Å². The van der Waals surface area contributed by atoms with Crippen LogP contribution in [0, 0.1) is 13.8 Å². The molecule has 8 heteroatoms. The molecule has 0 heterocycles. The van der Waals surface area contributed by atoms with Crippen LogP contribution in [0.1, 0.15) is 17.5 Å². The van der Waals surface area contributed by atoms with Gasteiger partial charge in [-0.25, -0.2) is 13.1 Å². The van der Waals surface area contributed by atoms with Gasteiger partial charge in [0.15, 0.2) is 0 Å². The molecule has 1 unspecified atom stereocenters. The van der Waals surface area contributed by atoms with Gasteiger partial charge in [0, 0.05) is 24.8 Å². The lowest BCUT2D eigenvalue weighted by molar-refractivity contribution is 0.158. The Labute approximate surface area is 135 Å². The minimum atomic E-state index is -3.87. The fourth-order valence-electron chi connectivity index (χ4n) is 1.95. The number of halogens is 2. The molecule has 5 nitrogen and oxygen atoms in total. The predicted octanol–water partition coefficient (Wildman–Crippen LogP) is 2.29. The second kappa shape index (κ2) is 7.76. The summed E-state index contributed by atoms with van der Waals surface area (Å²) in [5.41, 5.74) is 0.970. The van der Waals surface area contributed by atoms with Crippen LogP contribution >= 0.6 is 23.2 Å². The van der Waals surface area contributed by atoms with E-state index in [4.69, 9.17) is 33.0 Å². The number of aliphatic hydroxyl groups excluding tert-OH is 1. The first kappa shape index (κ1) is 18.7. The van der Waals surface area contributed by atoms with E-state index < -0.39 is 16.1 Å². The molecule has 1 aromatic rings. The average Bonchev–Trinajstić information content (AvgIpc) is 2.36. The third kappa shape index (κ3) is 4.55. The van der Waals surface area contributed by atoms with Crippen LogP contribution in [0.15, 0.2) is 11.0 Å². The molecule has 1 atom stereocenters. The molecule has 120 valence electrons. The van der Waals surface area contributed by atoms with E-state index >= 15 is 0 Å². The molecular weight excluding hydrogens is 337 g/mol. The summed E-state index contributed by atoms with van der Waals surface area (Å²) in [4.78, 5) is -0.0341. The van der Waals surface area contributed by atoms with Crippen LogP contribution in [0.2, 0.25) is 10.0 Å². The third-order valence-electron chi connectivity index (χ3n) is 3.02. The van der Waals surface area contributed by atoms with Crippen LogP contribution in [0.3, 0.4) is 0 Å². The molecule has 0 aliphatic carbocycles. The maximum atomic E-state index is 12.5. The molecule has 2 N–H and O–H groups in total. The third-order valence-corrected chi connectivity index (χ3v) is 5.71. The Hall–Kier alpha value is -0.370. The second-order valence-corrected chi connectivity index (χ2v) is 7.17. The Bertz CT molecular complexity index is 572. The monoisotopic (exact) mass is 355 g/mol. The highest BCUT2D eigenvalue weighted by atomic mass is 35.5. The van der Waals surface area contributed by atoms with Crippen LogP contribution < -0.4 is 4.72 Å². The standard InChI is InChI=1S/C13H19Cl2NO4S/c1-8-6-11(14)9(2)13(12(8)15)21(18,19)16-10(4-5-17)7-20-3/h6,10,16-17H,4-5,7H2,1-3H3. The van der Waals surface area contributed by atoms with Crippen LogP contribution in [0.25, 0.3) is 0 Å². The molecule has 0 radical (unpaired) electrons. The van der Waals surface area contributed by atoms with Crippen molar-refractivity contribution >= 4 is 33.2 Å². The first-order chi connectivity index (χ1) is 9.74. The molecule has 0 fully saturated rings. The Morgan fingerprint density at radius 2 is 2.00 bits per heavy atom. The van der Waals surface area contributed by atoms with E-state index in [-0.39, 0.29) is 29.6 Å². The van der Waals surface area contributed by atoms with Gasteiger partial charge in [-0.15, -0.1) is 0 Å². The minimum Gasteiger partial charge on any atom is -0.396 e. The molecule has 0 amide bonds. The summed E-state index contributed by atoms with van der Waals surface area (Å²) >= 11 is 12.2. The average molecular weight is 356 g/mol. The highest BCUT2D eigenvalue weighted by Gasteiger charge is 2.26. The molecule has 0 bridgehead atoms. The Balaban J connectivity index is 3.25. The minimum absolute atomic E-state index is 0.0341. The molecule has 0 saturated heterocycles. The van der Waals surface area contributed by atoms with Crippen molar-refractivity contribution in [1.82, 2.24) is 4.72 Å². The Morgan fingerprint density at radius 3 is 2.52 bits per heavy atom. The number of hydrogen-bond acceptors (Lipinski definition) is 4. The lowest BCUT2D eigenvalue weighted by atomic mass is 10.2. The van der Waals surface area contributed by atoms with E-state index in [0.717, 1.165) is 0 Å². The summed E-state index contributed by atoms with van der Waals surface area (Å²) in [6.07, 6.45) is 0.239. The van der Waals surface area contributed by atoms with Crippen molar-refractivity contribution in [2.24, 2.45) is 0 Å². The lowest BCUT2D eigenvalue weighted by Gasteiger charge is -2.19. The molecule has 0 saturated carbocycles. The molecule has 1 aromatic carbocycles.